The Labute approximate surface area is 140 Å². The van der Waals surface area contributed by atoms with Gasteiger partial charge in [-0.05, 0) is 49.8 Å². The Morgan fingerprint density at radius 2 is 2.00 bits per heavy atom. The third-order valence-corrected chi connectivity index (χ3v) is 5.64. The summed E-state index contributed by atoms with van der Waals surface area (Å²) < 4.78 is 0. The van der Waals surface area contributed by atoms with Gasteiger partial charge in [-0.25, -0.2) is 0 Å². The van der Waals surface area contributed by atoms with Crippen LogP contribution in [0, 0.1) is 0 Å². The molecule has 1 aromatic rings. The number of amides is 2. The van der Waals surface area contributed by atoms with E-state index in [1.165, 1.54) is 0 Å². The van der Waals surface area contributed by atoms with Gasteiger partial charge in [0.2, 0.25) is 11.8 Å². The van der Waals surface area contributed by atoms with Gasteiger partial charge in [-0.15, -0.1) is 11.3 Å². The first-order chi connectivity index (χ1) is 11.1. The Kier molecular flexibility index (Phi) is 5.13. The maximum atomic E-state index is 12.2. The Balaban J connectivity index is 1.52. The summed E-state index contributed by atoms with van der Waals surface area (Å²) in [5.41, 5.74) is 5.50. The number of rotatable bonds is 4. The predicted octanol–water partition coefficient (Wildman–Crippen LogP) is 1.70. The molecule has 0 spiro atoms. The molecule has 2 aliphatic rings. The lowest BCUT2D eigenvalue weighted by atomic mass is 10.0. The number of nitrogens with two attached hydrogens (primary N) is 1. The molecule has 3 heterocycles. The van der Waals surface area contributed by atoms with Crippen molar-refractivity contribution in [2.75, 3.05) is 19.6 Å². The number of thiophene rings is 1. The number of carbonyl (C=O) groups excluding carboxylic acids is 2. The number of nitrogens with zero attached hydrogens (tertiary/aromatic N) is 2. The minimum absolute atomic E-state index is 0.0738. The molecule has 0 saturated carbocycles. The van der Waals surface area contributed by atoms with Crippen molar-refractivity contribution >= 4 is 29.2 Å². The van der Waals surface area contributed by atoms with Gasteiger partial charge in [0.15, 0.2) is 0 Å². The topological polar surface area (TPSA) is 66.6 Å². The van der Waals surface area contributed by atoms with E-state index in [4.69, 9.17) is 5.73 Å². The zero-order valence-corrected chi connectivity index (χ0v) is 14.0. The van der Waals surface area contributed by atoms with Crippen LogP contribution < -0.4 is 5.73 Å². The molecule has 0 radical (unpaired) electrons. The number of hydrogen-bond donors (Lipinski definition) is 1. The Morgan fingerprint density at radius 1 is 1.22 bits per heavy atom. The summed E-state index contributed by atoms with van der Waals surface area (Å²) in [6.45, 7) is 2.45. The van der Waals surface area contributed by atoms with E-state index in [-0.39, 0.29) is 17.9 Å². The molecule has 2 saturated heterocycles. The molecule has 1 atom stereocenters. The quantitative estimate of drug-likeness (QED) is 0.853. The Morgan fingerprint density at radius 3 is 2.65 bits per heavy atom. The fraction of sp³-hybridized carbons (Fsp3) is 0.529. The molecule has 3 rings (SSSR count). The molecular formula is C17H23N3O2S. The van der Waals surface area contributed by atoms with E-state index < -0.39 is 0 Å². The van der Waals surface area contributed by atoms with Crippen LogP contribution in [0.4, 0.5) is 0 Å². The lowest BCUT2D eigenvalue weighted by molar-refractivity contribution is -0.129. The first kappa shape index (κ1) is 16.2. The summed E-state index contributed by atoms with van der Waals surface area (Å²) in [7, 11) is 0. The number of hydrogen-bond acceptors (Lipinski definition) is 4. The molecule has 0 aromatic carbocycles. The standard InChI is InChI=1S/C17H23N3O2S/c18-17(22)15-4-1-9-20(15)13-7-10-19(11-8-13)16(21)6-5-14-3-2-12-23-14/h2-3,5-6,12-13,15H,1,4,7-11H2,(H2,18,22). The van der Waals surface area contributed by atoms with Crippen LogP contribution in [0.15, 0.2) is 23.6 Å². The molecule has 5 nitrogen and oxygen atoms in total. The zero-order valence-electron chi connectivity index (χ0n) is 13.2. The van der Waals surface area contributed by atoms with Crippen molar-refractivity contribution in [3.63, 3.8) is 0 Å². The number of primary amides is 1. The maximum Gasteiger partial charge on any atom is 0.246 e. The summed E-state index contributed by atoms with van der Waals surface area (Å²) in [5, 5.41) is 2.00. The van der Waals surface area contributed by atoms with E-state index in [0.29, 0.717) is 6.04 Å². The smallest absolute Gasteiger partial charge is 0.246 e. The van der Waals surface area contributed by atoms with E-state index in [9.17, 15) is 9.59 Å². The molecule has 23 heavy (non-hydrogen) atoms. The first-order valence-corrected chi connectivity index (χ1v) is 9.08. The van der Waals surface area contributed by atoms with Crippen LogP contribution in [0.3, 0.4) is 0 Å². The summed E-state index contributed by atoms with van der Waals surface area (Å²) in [5.74, 6) is -0.135. The van der Waals surface area contributed by atoms with E-state index in [0.717, 1.165) is 50.2 Å². The van der Waals surface area contributed by atoms with Gasteiger partial charge in [-0.1, -0.05) is 6.07 Å². The van der Waals surface area contributed by atoms with Crippen LogP contribution in [0.25, 0.3) is 6.08 Å². The molecule has 1 unspecified atom stereocenters. The van der Waals surface area contributed by atoms with Crippen LogP contribution in [-0.4, -0.2) is 53.3 Å². The highest BCUT2D eigenvalue weighted by Crippen LogP contribution is 2.26. The highest BCUT2D eigenvalue weighted by atomic mass is 32.1. The van der Waals surface area contributed by atoms with Gasteiger partial charge in [0, 0.05) is 30.1 Å². The fourth-order valence-electron chi connectivity index (χ4n) is 3.59. The molecule has 6 heteroatoms. The summed E-state index contributed by atoms with van der Waals surface area (Å²) >= 11 is 1.62. The summed E-state index contributed by atoms with van der Waals surface area (Å²) in [4.78, 5) is 29.0. The fourth-order valence-corrected chi connectivity index (χ4v) is 4.21. The number of carbonyl (C=O) groups is 2. The monoisotopic (exact) mass is 333 g/mol. The summed E-state index contributed by atoms with van der Waals surface area (Å²) in [6.07, 6.45) is 7.29. The van der Waals surface area contributed by atoms with Crippen molar-refractivity contribution in [2.24, 2.45) is 5.73 Å². The Hall–Kier alpha value is -1.66. The van der Waals surface area contributed by atoms with Crippen molar-refractivity contribution < 1.29 is 9.59 Å². The molecule has 124 valence electrons. The van der Waals surface area contributed by atoms with Crippen molar-refractivity contribution in [2.45, 2.75) is 37.8 Å². The van der Waals surface area contributed by atoms with Crippen molar-refractivity contribution in [3.8, 4) is 0 Å². The third-order valence-electron chi connectivity index (χ3n) is 4.80. The van der Waals surface area contributed by atoms with Crippen LogP contribution in [-0.2, 0) is 9.59 Å². The van der Waals surface area contributed by atoms with Crippen LogP contribution in [0.5, 0.6) is 0 Å². The number of likely N-dealkylation sites (tertiary alicyclic amines) is 2. The molecule has 1 aromatic heterocycles. The second-order valence-electron chi connectivity index (χ2n) is 6.20. The van der Waals surface area contributed by atoms with E-state index >= 15 is 0 Å². The van der Waals surface area contributed by atoms with Crippen molar-refractivity contribution in [3.05, 3.63) is 28.5 Å². The van der Waals surface area contributed by atoms with E-state index in [2.05, 4.69) is 4.90 Å². The van der Waals surface area contributed by atoms with E-state index in [1.54, 1.807) is 17.4 Å². The van der Waals surface area contributed by atoms with Crippen LogP contribution >= 0.6 is 11.3 Å². The second kappa shape index (κ2) is 7.27. The van der Waals surface area contributed by atoms with Gasteiger partial charge in [0.1, 0.15) is 0 Å². The third kappa shape index (κ3) is 3.82. The molecule has 2 N–H and O–H groups in total. The Bertz CT molecular complexity index is 577. The minimum Gasteiger partial charge on any atom is -0.368 e. The van der Waals surface area contributed by atoms with Gasteiger partial charge >= 0.3 is 0 Å². The maximum absolute atomic E-state index is 12.2. The SMILES string of the molecule is NC(=O)C1CCCN1C1CCN(C(=O)C=Cc2cccs2)CC1. The molecule has 2 aliphatic heterocycles. The normalized spacial score (nSPS) is 23.7. The van der Waals surface area contributed by atoms with Gasteiger partial charge in [0.05, 0.1) is 6.04 Å². The highest BCUT2D eigenvalue weighted by molar-refractivity contribution is 7.10. The van der Waals surface area contributed by atoms with Gasteiger partial charge in [0.25, 0.3) is 0 Å². The molecular weight excluding hydrogens is 310 g/mol. The largest absolute Gasteiger partial charge is 0.368 e. The average Bonchev–Trinajstić information content (AvgIpc) is 3.24. The lowest BCUT2D eigenvalue weighted by Crippen LogP contribution is -2.51. The lowest BCUT2D eigenvalue weighted by Gasteiger charge is -2.38. The summed E-state index contributed by atoms with van der Waals surface area (Å²) in [6, 6.07) is 4.24. The van der Waals surface area contributed by atoms with Crippen LogP contribution in [0.1, 0.15) is 30.6 Å². The van der Waals surface area contributed by atoms with Crippen molar-refractivity contribution in [1.29, 1.82) is 0 Å². The van der Waals surface area contributed by atoms with Crippen LogP contribution in [0.2, 0.25) is 0 Å². The minimum atomic E-state index is -0.208. The first-order valence-electron chi connectivity index (χ1n) is 8.20. The molecule has 0 bridgehead atoms. The van der Waals surface area contributed by atoms with Gasteiger partial charge < -0.3 is 10.6 Å². The molecule has 0 aliphatic carbocycles. The van der Waals surface area contributed by atoms with Gasteiger partial charge in [-0.2, -0.15) is 0 Å². The molecule has 2 fully saturated rings. The zero-order chi connectivity index (χ0) is 16.2. The van der Waals surface area contributed by atoms with E-state index in [1.807, 2.05) is 28.5 Å². The van der Waals surface area contributed by atoms with Gasteiger partial charge in [-0.3, -0.25) is 14.5 Å². The van der Waals surface area contributed by atoms with Crippen molar-refractivity contribution in [1.82, 2.24) is 9.80 Å². The molecule has 2 amide bonds. The average molecular weight is 333 g/mol. The second-order valence-corrected chi connectivity index (χ2v) is 7.18. The highest BCUT2D eigenvalue weighted by Gasteiger charge is 2.35. The predicted molar refractivity (Wildman–Crippen MR) is 91.9 cm³/mol. The number of piperidine rings is 1.